The van der Waals surface area contributed by atoms with Crippen molar-refractivity contribution >= 4 is 29.1 Å². The van der Waals surface area contributed by atoms with Gasteiger partial charge in [-0.25, -0.2) is 0 Å². The number of aliphatic hydroxyl groups is 1. The number of nitro benzene ring substituents is 1. The van der Waals surface area contributed by atoms with Crippen molar-refractivity contribution in [2.24, 2.45) is 0 Å². The van der Waals surface area contributed by atoms with E-state index in [1.54, 1.807) is 0 Å². The highest BCUT2D eigenvalue weighted by Crippen LogP contribution is 2.27. The molecule has 0 spiro atoms. The van der Waals surface area contributed by atoms with Gasteiger partial charge < -0.3 is 15.1 Å². The second-order valence-electron chi connectivity index (χ2n) is 5.64. The van der Waals surface area contributed by atoms with Crippen LogP contribution in [-0.2, 0) is 6.54 Å². The second-order valence-corrected chi connectivity index (χ2v) is 5.64. The van der Waals surface area contributed by atoms with Crippen LogP contribution in [0.25, 0.3) is 11.0 Å². The smallest absolute Gasteiger partial charge is 0.314 e. The number of H-pyrrole nitrogens is 2. The minimum Gasteiger partial charge on any atom is -0.395 e. The average Bonchev–Trinajstić information content (AvgIpc) is 2.95. The molecule has 1 aliphatic heterocycles. The van der Waals surface area contributed by atoms with Gasteiger partial charge in [0.15, 0.2) is 0 Å². The molecule has 0 amide bonds. The van der Waals surface area contributed by atoms with Gasteiger partial charge in [-0.2, -0.15) is 0 Å². The Balaban J connectivity index is 0.00000208. The van der Waals surface area contributed by atoms with Gasteiger partial charge in [-0.1, -0.05) is 0 Å². The molecule has 1 atom stereocenters. The molecule has 1 aromatic carbocycles. The minimum absolute atomic E-state index is 0. The van der Waals surface area contributed by atoms with Gasteiger partial charge in [-0.15, -0.1) is 12.4 Å². The Morgan fingerprint density at radius 2 is 1.88 bits per heavy atom. The van der Waals surface area contributed by atoms with E-state index in [0.717, 1.165) is 19.4 Å². The van der Waals surface area contributed by atoms with E-state index < -0.39 is 16.0 Å². The van der Waals surface area contributed by atoms with Crippen LogP contribution in [0, 0.1) is 10.1 Å². The summed E-state index contributed by atoms with van der Waals surface area (Å²) in [7, 11) is 0. The molecule has 1 aromatic heterocycles. The molecule has 1 saturated heterocycles. The predicted octanol–water partition coefficient (Wildman–Crippen LogP) is 0.503. The number of halogens is 1. The lowest BCUT2D eigenvalue weighted by Gasteiger charge is -2.22. The first-order chi connectivity index (χ1) is 11.0. The molecule has 3 rings (SSSR count). The van der Waals surface area contributed by atoms with Crippen molar-refractivity contribution in [3.63, 3.8) is 0 Å². The number of aromatic amines is 2. The maximum absolute atomic E-state index is 11.4. The standard InChI is InChI=1S/C14H16N4O5.ClH/c19-7-9-2-1-3-17(9)6-8-4-10-11(5-12(8)18(22)23)16-14(21)13(20)15-10;/h4-5,9,19H,1-3,6-7H2,(H,15,20)(H,16,21);1H. The summed E-state index contributed by atoms with van der Waals surface area (Å²) in [4.78, 5) is 40.3. The number of hydrogen-bond acceptors (Lipinski definition) is 6. The Labute approximate surface area is 141 Å². The van der Waals surface area contributed by atoms with Crippen LogP contribution in [0.2, 0.25) is 0 Å². The van der Waals surface area contributed by atoms with E-state index in [0.29, 0.717) is 17.6 Å². The van der Waals surface area contributed by atoms with Crippen molar-refractivity contribution in [3.05, 3.63) is 48.5 Å². The predicted molar refractivity (Wildman–Crippen MR) is 89.6 cm³/mol. The van der Waals surface area contributed by atoms with Crippen LogP contribution in [0.3, 0.4) is 0 Å². The van der Waals surface area contributed by atoms with Gasteiger partial charge in [0, 0.05) is 24.2 Å². The Hall–Kier alpha value is -2.23. The quantitative estimate of drug-likeness (QED) is 0.415. The molecule has 3 N–H and O–H groups in total. The summed E-state index contributed by atoms with van der Waals surface area (Å²) < 4.78 is 0. The Morgan fingerprint density at radius 3 is 2.46 bits per heavy atom. The van der Waals surface area contributed by atoms with Crippen LogP contribution in [-0.4, -0.2) is 44.1 Å². The fourth-order valence-corrected chi connectivity index (χ4v) is 3.02. The van der Waals surface area contributed by atoms with Crippen LogP contribution in [0.5, 0.6) is 0 Å². The van der Waals surface area contributed by atoms with Crippen LogP contribution in [0.4, 0.5) is 5.69 Å². The molecule has 0 bridgehead atoms. The van der Waals surface area contributed by atoms with Gasteiger partial charge in [0.05, 0.1) is 22.6 Å². The van der Waals surface area contributed by atoms with Crippen molar-refractivity contribution in [1.82, 2.24) is 14.9 Å². The Kier molecular flexibility index (Phi) is 5.37. The van der Waals surface area contributed by atoms with Gasteiger partial charge in [0.25, 0.3) is 5.69 Å². The van der Waals surface area contributed by atoms with E-state index in [9.17, 15) is 24.8 Å². The summed E-state index contributed by atoms with van der Waals surface area (Å²) in [5.74, 6) is 0. The lowest BCUT2D eigenvalue weighted by Crippen LogP contribution is -2.32. The number of nitrogens with zero attached hydrogens (tertiary/aromatic N) is 2. The highest BCUT2D eigenvalue weighted by molar-refractivity contribution is 5.85. The highest BCUT2D eigenvalue weighted by atomic mass is 35.5. The number of benzene rings is 1. The third-order valence-corrected chi connectivity index (χ3v) is 4.20. The van der Waals surface area contributed by atoms with Gasteiger partial charge in [0.1, 0.15) is 0 Å². The zero-order valence-electron chi connectivity index (χ0n) is 12.7. The SMILES string of the molecule is Cl.O=c1[nH]c2cc(CN3CCCC3CO)c([N+](=O)[O-])cc2[nH]c1=O. The van der Waals surface area contributed by atoms with Crippen molar-refractivity contribution in [2.75, 3.05) is 13.2 Å². The monoisotopic (exact) mass is 356 g/mol. The first kappa shape index (κ1) is 18.1. The molecular formula is C14H17ClN4O5. The van der Waals surface area contributed by atoms with E-state index in [1.165, 1.54) is 12.1 Å². The third kappa shape index (κ3) is 3.32. The van der Waals surface area contributed by atoms with Crippen molar-refractivity contribution in [1.29, 1.82) is 0 Å². The van der Waals surface area contributed by atoms with Gasteiger partial charge >= 0.3 is 11.1 Å². The lowest BCUT2D eigenvalue weighted by atomic mass is 10.1. The number of fused-ring (bicyclic) bond motifs is 1. The summed E-state index contributed by atoms with van der Waals surface area (Å²) in [5, 5.41) is 20.7. The highest BCUT2D eigenvalue weighted by Gasteiger charge is 2.26. The molecular weight excluding hydrogens is 340 g/mol. The Morgan fingerprint density at radius 1 is 1.25 bits per heavy atom. The van der Waals surface area contributed by atoms with Gasteiger partial charge in [-0.3, -0.25) is 24.6 Å². The number of aromatic nitrogens is 2. The lowest BCUT2D eigenvalue weighted by molar-refractivity contribution is -0.385. The molecule has 0 aliphatic carbocycles. The normalized spacial score (nSPS) is 17.8. The van der Waals surface area contributed by atoms with E-state index in [1.807, 2.05) is 4.90 Å². The zero-order valence-corrected chi connectivity index (χ0v) is 13.5. The average molecular weight is 357 g/mol. The first-order valence-electron chi connectivity index (χ1n) is 7.28. The van der Waals surface area contributed by atoms with E-state index in [4.69, 9.17) is 0 Å². The molecule has 10 heteroatoms. The molecule has 24 heavy (non-hydrogen) atoms. The summed E-state index contributed by atoms with van der Waals surface area (Å²) in [6.45, 7) is 1.06. The Bertz CT molecular complexity index is 878. The topological polar surface area (TPSA) is 132 Å². The van der Waals surface area contributed by atoms with Gasteiger partial charge in [0.2, 0.25) is 0 Å². The maximum Gasteiger partial charge on any atom is 0.314 e. The van der Waals surface area contributed by atoms with Crippen LogP contribution in [0.1, 0.15) is 18.4 Å². The number of hydrogen-bond donors (Lipinski definition) is 3. The molecule has 130 valence electrons. The number of likely N-dealkylation sites (tertiary alicyclic amines) is 1. The minimum atomic E-state index is -0.848. The molecule has 0 radical (unpaired) electrons. The molecule has 1 fully saturated rings. The summed E-state index contributed by atoms with van der Waals surface area (Å²) >= 11 is 0. The van der Waals surface area contributed by atoms with Gasteiger partial charge in [-0.05, 0) is 25.5 Å². The number of nitrogens with one attached hydrogen (secondary N) is 2. The fraction of sp³-hybridized carbons (Fsp3) is 0.429. The molecule has 9 nitrogen and oxygen atoms in total. The van der Waals surface area contributed by atoms with Crippen molar-refractivity contribution < 1.29 is 10.0 Å². The first-order valence-corrected chi connectivity index (χ1v) is 7.28. The van der Waals surface area contributed by atoms with Crippen LogP contribution >= 0.6 is 12.4 Å². The molecule has 2 aromatic rings. The molecule has 0 saturated carbocycles. The summed E-state index contributed by atoms with van der Waals surface area (Å²) in [6, 6.07) is 2.75. The largest absolute Gasteiger partial charge is 0.395 e. The van der Waals surface area contributed by atoms with Crippen LogP contribution < -0.4 is 11.1 Å². The maximum atomic E-state index is 11.4. The second kappa shape index (κ2) is 7.12. The number of aliphatic hydroxyl groups excluding tert-OH is 1. The van der Waals surface area contributed by atoms with Crippen molar-refractivity contribution in [3.8, 4) is 0 Å². The molecule has 2 heterocycles. The van der Waals surface area contributed by atoms with Crippen molar-refractivity contribution in [2.45, 2.75) is 25.4 Å². The molecule has 1 aliphatic rings. The van der Waals surface area contributed by atoms with E-state index >= 15 is 0 Å². The van der Waals surface area contributed by atoms with E-state index in [-0.39, 0.29) is 36.3 Å². The summed E-state index contributed by atoms with van der Waals surface area (Å²) in [6.07, 6.45) is 1.78. The fourth-order valence-electron chi connectivity index (χ4n) is 3.02. The van der Waals surface area contributed by atoms with E-state index in [2.05, 4.69) is 9.97 Å². The molecule has 1 unspecified atom stereocenters. The number of nitro groups is 1. The zero-order chi connectivity index (χ0) is 16.6. The summed E-state index contributed by atoms with van der Waals surface area (Å²) in [5.41, 5.74) is -0.777. The third-order valence-electron chi connectivity index (χ3n) is 4.20. The number of rotatable bonds is 4. The van der Waals surface area contributed by atoms with Crippen LogP contribution in [0.15, 0.2) is 21.7 Å².